The molecule has 0 aliphatic carbocycles. The summed E-state index contributed by atoms with van der Waals surface area (Å²) in [6, 6.07) is 37.5. The van der Waals surface area contributed by atoms with Crippen LogP contribution in [0.25, 0.3) is 0 Å². The van der Waals surface area contributed by atoms with Crippen LogP contribution in [-0.4, -0.2) is 0 Å². The third-order valence-corrected chi connectivity index (χ3v) is 1.82. The van der Waals surface area contributed by atoms with Crippen LogP contribution in [0.4, 0.5) is 0 Å². The van der Waals surface area contributed by atoms with E-state index in [0.29, 0.717) is 0 Å². The average Bonchev–Trinajstić information content (AvgIpc) is 2.54. The second-order valence-electron chi connectivity index (χ2n) is 3.23. The molecule has 0 bridgehead atoms. The van der Waals surface area contributed by atoms with E-state index < -0.39 is 0 Å². The first-order chi connectivity index (χ1) is 9.00. The van der Waals surface area contributed by atoms with Crippen molar-refractivity contribution in [1.29, 1.82) is 0 Å². The zero-order valence-electron chi connectivity index (χ0n) is 10.9. The van der Waals surface area contributed by atoms with Gasteiger partial charge in [0.15, 0.2) is 0 Å². The molecule has 3 aromatic carbocycles. The Morgan fingerprint density at radius 3 is 0.600 bits per heavy atom. The second kappa shape index (κ2) is 17.6. The van der Waals surface area contributed by atoms with E-state index in [4.69, 9.17) is 0 Å². The molecule has 0 nitrogen and oxygen atoms in total. The summed E-state index contributed by atoms with van der Waals surface area (Å²) in [5.41, 5.74) is 0. The van der Waals surface area contributed by atoms with E-state index in [1.807, 2.05) is 91.0 Å². The molecule has 0 saturated carbocycles. The molecule has 3 rings (SSSR count). The van der Waals surface area contributed by atoms with Gasteiger partial charge in [0.05, 0.1) is 0 Å². The van der Waals surface area contributed by atoms with Gasteiger partial charge in [0.1, 0.15) is 0 Å². The molecule has 0 heterocycles. The fraction of sp³-hybridized carbons (Fsp3) is 0. The predicted octanol–water partition coefficient (Wildman–Crippen LogP) is 4.88. The number of benzene rings is 3. The standard InChI is InChI=1S/3C6H5.ClH.Rh/c3*1-2-4-6-5-3-1;;/h3*1-5H;1H;/q3*-1;;+3. The van der Waals surface area contributed by atoms with Gasteiger partial charge in [-0.3, -0.25) is 0 Å². The third kappa shape index (κ3) is 14.6. The van der Waals surface area contributed by atoms with Crippen molar-refractivity contribution in [2.75, 3.05) is 0 Å². The molecular weight excluding hydrogens is 355 g/mol. The molecule has 20 heavy (non-hydrogen) atoms. The van der Waals surface area contributed by atoms with E-state index in [0.717, 1.165) is 0 Å². The van der Waals surface area contributed by atoms with E-state index in [1.54, 1.807) is 0 Å². The van der Waals surface area contributed by atoms with E-state index in [1.165, 1.54) is 0 Å². The number of hydrogen-bond acceptors (Lipinski definition) is 0. The van der Waals surface area contributed by atoms with Crippen molar-refractivity contribution in [2.24, 2.45) is 0 Å². The fourth-order valence-electron chi connectivity index (χ4n) is 1.03. The first-order valence-corrected chi connectivity index (χ1v) is 5.73. The third-order valence-electron chi connectivity index (χ3n) is 1.82. The van der Waals surface area contributed by atoms with Crippen LogP contribution in [0.1, 0.15) is 0 Å². The quantitative estimate of drug-likeness (QED) is 0.391. The molecule has 0 unspecified atom stereocenters. The Balaban J connectivity index is 0. The first kappa shape index (κ1) is 20.9. The van der Waals surface area contributed by atoms with Crippen LogP contribution in [0.15, 0.2) is 91.0 Å². The largest absolute Gasteiger partial charge is 3.00 e. The van der Waals surface area contributed by atoms with Crippen LogP contribution in [-0.2, 0) is 19.5 Å². The minimum Gasteiger partial charge on any atom is -0.184 e. The van der Waals surface area contributed by atoms with Gasteiger partial charge in [0.2, 0.25) is 0 Å². The van der Waals surface area contributed by atoms with Crippen LogP contribution < -0.4 is 0 Å². The van der Waals surface area contributed by atoms with Gasteiger partial charge >= 0.3 is 19.5 Å². The maximum Gasteiger partial charge on any atom is 3.00 e. The summed E-state index contributed by atoms with van der Waals surface area (Å²) in [4.78, 5) is 0. The molecule has 0 radical (unpaired) electrons. The monoisotopic (exact) mass is 370 g/mol. The zero-order chi connectivity index (χ0) is 12.7. The van der Waals surface area contributed by atoms with E-state index in [-0.39, 0.29) is 31.9 Å². The molecule has 0 aliphatic rings. The molecule has 0 saturated heterocycles. The van der Waals surface area contributed by atoms with Gasteiger partial charge in [0, 0.05) is 0 Å². The van der Waals surface area contributed by atoms with Crippen LogP contribution in [0.3, 0.4) is 0 Å². The normalized spacial score (nSPS) is 7.20. The second-order valence-corrected chi connectivity index (χ2v) is 3.23. The van der Waals surface area contributed by atoms with Gasteiger partial charge in [-0.1, -0.05) is 0 Å². The Hall–Kier alpha value is -1.43. The van der Waals surface area contributed by atoms with Crippen molar-refractivity contribution in [2.45, 2.75) is 0 Å². The molecular formula is C18H16ClRh. The molecule has 0 spiro atoms. The number of rotatable bonds is 0. The van der Waals surface area contributed by atoms with Crippen molar-refractivity contribution >= 4 is 12.4 Å². The molecule has 3 aromatic rings. The van der Waals surface area contributed by atoms with E-state index in [9.17, 15) is 0 Å². The summed E-state index contributed by atoms with van der Waals surface area (Å²) < 4.78 is 0. The number of hydrogen-bond donors (Lipinski definition) is 0. The predicted molar refractivity (Wildman–Crippen MR) is 83.1 cm³/mol. The summed E-state index contributed by atoms with van der Waals surface area (Å²) >= 11 is 0. The van der Waals surface area contributed by atoms with Gasteiger partial charge in [-0.15, -0.1) is 12.4 Å². The Morgan fingerprint density at radius 2 is 0.550 bits per heavy atom. The van der Waals surface area contributed by atoms with Crippen LogP contribution in [0.5, 0.6) is 0 Å². The molecule has 0 N–H and O–H groups in total. The van der Waals surface area contributed by atoms with Crippen molar-refractivity contribution < 1.29 is 19.5 Å². The Morgan fingerprint density at radius 1 is 0.350 bits per heavy atom. The van der Waals surface area contributed by atoms with Crippen LogP contribution in [0.2, 0.25) is 0 Å². The molecule has 0 aliphatic heterocycles. The summed E-state index contributed by atoms with van der Waals surface area (Å²) in [5.74, 6) is 0. The summed E-state index contributed by atoms with van der Waals surface area (Å²) in [6.07, 6.45) is 0. The maximum absolute atomic E-state index is 2.89. The molecule has 2 heteroatoms. The smallest absolute Gasteiger partial charge is 0.184 e. The summed E-state index contributed by atoms with van der Waals surface area (Å²) in [5, 5.41) is 0. The molecule has 104 valence electrons. The number of halogens is 1. The molecule has 0 atom stereocenters. The van der Waals surface area contributed by atoms with Crippen LogP contribution >= 0.6 is 12.4 Å². The van der Waals surface area contributed by atoms with Crippen molar-refractivity contribution in [3.8, 4) is 0 Å². The Bertz CT molecular complexity index is 302. The minimum absolute atomic E-state index is 0. The molecule has 0 aromatic heterocycles. The van der Waals surface area contributed by atoms with Crippen LogP contribution in [0, 0.1) is 18.2 Å². The molecule has 0 fully saturated rings. The fourth-order valence-corrected chi connectivity index (χ4v) is 1.03. The zero-order valence-corrected chi connectivity index (χ0v) is 13.4. The summed E-state index contributed by atoms with van der Waals surface area (Å²) in [6.45, 7) is 0. The topological polar surface area (TPSA) is 0 Å². The van der Waals surface area contributed by atoms with Crippen molar-refractivity contribution in [3.05, 3.63) is 109 Å². The van der Waals surface area contributed by atoms with E-state index in [2.05, 4.69) is 18.2 Å². The SMILES string of the molecule is Cl.[Rh+3].[c-]1ccccc1.[c-]1ccccc1.[c-]1ccccc1. The van der Waals surface area contributed by atoms with Crippen molar-refractivity contribution in [3.63, 3.8) is 0 Å². The van der Waals surface area contributed by atoms with Gasteiger partial charge in [-0.05, 0) is 0 Å². The van der Waals surface area contributed by atoms with E-state index >= 15 is 0 Å². The van der Waals surface area contributed by atoms with Crippen molar-refractivity contribution in [1.82, 2.24) is 0 Å². The van der Waals surface area contributed by atoms with Gasteiger partial charge in [0.25, 0.3) is 0 Å². The Kier molecular flexibility index (Phi) is 18.3. The van der Waals surface area contributed by atoms with Gasteiger partial charge in [-0.25, -0.2) is 0 Å². The minimum atomic E-state index is 0. The first-order valence-electron chi connectivity index (χ1n) is 5.73. The Labute approximate surface area is 141 Å². The maximum atomic E-state index is 2.89. The average molecular weight is 371 g/mol. The molecule has 0 amide bonds. The summed E-state index contributed by atoms with van der Waals surface area (Å²) in [7, 11) is 0. The van der Waals surface area contributed by atoms with Gasteiger partial charge < -0.3 is 0 Å². The van der Waals surface area contributed by atoms with Gasteiger partial charge in [-0.2, -0.15) is 109 Å².